The highest BCUT2D eigenvalue weighted by molar-refractivity contribution is 5.35. The van der Waals surface area contributed by atoms with E-state index in [1.54, 1.807) is 16.7 Å². The maximum absolute atomic E-state index is 3.91. The molecular formula is C34H54. The summed E-state index contributed by atoms with van der Waals surface area (Å²) in [6.45, 7) is 8.64. The average Bonchev–Trinajstić information content (AvgIpc) is 2.88. The van der Waals surface area contributed by atoms with Crippen LogP contribution in [-0.4, -0.2) is 0 Å². The molecule has 190 valence electrons. The van der Waals surface area contributed by atoms with Crippen LogP contribution in [-0.2, 0) is 0 Å². The molecule has 34 heavy (non-hydrogen) atoms. The molecule has 3 fully saturated rings. The fourth-order valence-electron chi connectivity index (χ4n) is 8.08. The molecule has 0 aliphatic heterocycles. The minimum Gasteiger partial charge on any atom is -0.103 e. The zero-order chi connectivity index (χ0) is 23.8. The SMILES string of the molecule is C=CCCC1CCC(C2CCC(c3ccc(C4CCC(CCCCC)CC4)c(C)c3)CC2)CC1. The first-order chi connectivity index (χ1) is 16.7. The van der Waals surface area contributed by atoms with Crippen LogP contribution in [0.4, 0.5) is 0 Å². The van der Waals surface area contributed by atoms with Crippen molar-refractivity contribution in [3.63, 3.8) is 0 Å². The van der Waals surface area contributed by atoms with E-state index in [9.17, 15) is 0 Å². The van der Waals surface area contributed by atoms with E-state index in [1.165, 1.54) is 116 Å². The zero-order valence-corrected chi connectivity index (χ0v) is 22.7. The second-order valence-corrected chi connectivity index (χ2v) is 12.6. The van der Waals surface area contributed by atoms with Gasteiger partial charge in [-0.15, -0.1) is 6.58 Å². The lowest BCUT2D eigenvalue weighted by Crippen LogP contribution is -2.25. The van der Waals surface area contributed by atoms with Gasteiger partial charge in [-0.1, -0.05) is 69.7 Å². The van der Waals surface area contributed by atoms with Crippen LogP contribution in [0.2, 0.25) is 0 Å². The van der Waals surface area contributed by atoms with Crippen molar-refractivity contribution < 1.29 is 0 Å². The van der Waals surface area contributed by atoms with Gasteiger partial charge in [-0.25, -0.2) is 0 Å². The predicted octanol–water partition coefficient (Wildman–Crippen LogP) is 10.9. The fourth-order valence-corrected chi connectivity index (χ4v) is 8.08. The largest absolute Gasteiger partial charge is 0.103 e. The third kappa shape index (κ3) is 7.01. The van der Waals surface area contributed by atoms with Gasteiger partial charge in [-0.05, 0) is 136 Å². The van der Waals surface area contributed by atoms with Gasteiger partial charge in [-0.3, -0.25) is 0 Å². The number of hydrogen-bond donors (Lipinski definition) is 0. The smallest absolute Gasteiger partial charge is 0.0159 e. The predicted molar refractivity (Wildman–Crippen MR) is 150 cm³/mol. The molecule has 0 atom stereocenters. The Kier molecular flexibility index (Phi) is 10.2. The van der Waals surface area contributed by atoms with E-state index < -0.39 is 0 Å². The van der Waals surface area contributed by atoms with Gasteiger partial charge in [-0.2, -0.15) is 0 Å². The zero-order valence-electron chi connectivity index (χ0n) is 22.7. The van der Waals surface area contributed by atoms with Crippen LogP contribution in [0, 0.1) is 30.6 Å². The van der Waals surface area contributed by atoms with E-state index >= 15 is 0 Å². The summed E-state index contributed by atoms with van der Waals surface area (Å²) in [4.78, 5) is 0. The van der Waals surface area contributed by atoms with E-state index in [0.717, 1.165) is 35.5 Å². The molecule has 0 spiro atoms. The Labute approximate surface area is 212 Å². The van der Waals surface area contributed by atoms with Crippen LogP contribution in [0.3, 0.4) is 0 Å². The van der Waals surface area contributed by atoms with Crippen LogP contribution in [0.15, 0.2) is 30.9 Å². The lowest BCUT2D eigenvalue weighted by Gasteiger charge is -2.38. The van der Waals surface area contributed by atoms with Gasteiger partial charge in [0.05, 0.1) is 0 Å². The number of hydrogen-bond acceptors (Lipinski definition) is 0. The minimum atomic E-state index is 0.822. The molecule has 0 saturated heterocycles. The first kappa shape index (κ1) is 26.0. The summed E-state index contributed by atoms with van der Waals surface area (Å²) in [6.07, 6.45) is 28.1. The van der Waals surface area contributed by atoms with E-state index in [0.29, 0.717) is 0 Å². The van der Waals surface area contributed by atoms with Crippen LogP contribution < -0.4 is 0 Å². The molecule has 0 N–H and O–H groups in total. The fraction of sp³-hybridized carbons (Fsp3) is 0.765. The molecule has 0 bridgehead atoms. The molecular weight excluding hydrogens is 408 g/mol. The normalized spacial score (nSPS) is 32.4. The van der Waals surface area contributed by atoms with Crippen molar-refractivity contribution in [2.75, 3.05) is 0 Å². The van der Waals surface area contributed by atoms with Gasteiger partial charge in [0.2, 0.25) is 0 Å². The second-order valence-electron chi connectivity index (χ2n) is 12.6. The van der Waals surface area contributed by atoms with Crippen LogP contribution in [0.1, 0.15) is 151 Å². The average molecular weight is 463 g/mol. The highest BCUT2D eigenvalue weighted by Crippen LogP contribution is 2.45. The molecule has 3 aliphatic carbocycles. The van der Waals surface area contributed by atoms with Crippen molar-refractivity contribution in [1.29, 1.82) is 0 Å². The van der Waals surface area contributed by atoms with Crippen LogP contribution in [0.25, 0.3) is 0 Å². The molecule has 0 radical (unpaired) electrons. The number of benzene rings is 1. The summed E-state index contributed by atoms with van der Waals surface area (Å²) in [5, 5.41) is 0. The Morgan fingerprint density at radius 1 is 0.735 bits per heavy atom. The van der Waals surface area contributed by atoms with Gasteiger partial charge >= 0.3 is 0 Å². The van der Waals surface area contributed by atoms with Gasteiger partial charge in [0.1, 0.15) is 0 Å². The summed E-state index contributed by atoms with van der Waals surface area (Å²) in [7, 11) is 0. The molecule has 1 aromatic carbocycles. The highest BCUT2D eigenvalue weighted by atomic mass is 14.4. The van der Waals surface area contributed by atoms with Gasteiger partial charge in [0, 0.05) is 0 Å². The van der Waals surface area contributed by atoms with E-state index in [2.05, 4.69) is 44.7 Å². The first-order valence-electron chi connectivity index (χ1n) is 15.4. The van der Waals surface area contributed by atoms with Gasteiger partial charge in [0.25, 0.3) is 0 Å². The summed E-state index contributed by atoms with van der Waals surface area (Å²) < 4.78 is 0. The molecule has 3 saturated carbocycles. The third-order valence-electron chi connectivity index (χ3n) is 10.4. The lowest BCUT2D eigenvalue weighted by molar-refractivity contribution is 0.157. The molecule has 0 heteroatoms. The maximum atomic E-state index is 3.91. The monoisotopic (exact) mass is 462 g/mol. The second kappa shape index (κ2) is 13.3. The molecule has 0 aromatic heterocycles. The van der Waals surface area contributed by atoms with Crippen LogP contribution in [0.5, 0.6) is 0 Å². The van der Waals surface area contributed by atoms with Crippen molar-refractivity contribution in [2.24, 2.45) is 23.7 Å². The number of allylic oxidation sites excluding steroid dienone is 1. The minimum absolute atomic E-state index is 0.822. The maximum Gasteiger partial charge on any atom is -0.0159 e. The standard InChI is InChI=1S/C34H54/c1-4-6-8-10-28-13-17-32(18-14-28)34-24-23-33(25-26(34)3)31-21-19-30(20-22-31)29-15-11-27(12-16-29)9-7-5-2/h5,23-25,27-32H,2,4,6-22H2,1,3H3. The van der Waals surface area contributed by atoms with Crippen molar-refractivity contribution in [3.8, 4) is 0 Å². The van der Waals surface area contributed by atoms with E-state index in [4.69, 9.17) is 0 Å². The quantitative estimate of drug-likeness (QED) is 0.239. The topological polar surface area (TPSA) is 0 Å². The van der Waals surface area contributed by atoms with Crippen molar-refractivity contribution in [3.05, 3.63) is 47.5 Å². The molecule has 0 nitrogen and oxygen atoms in total. The Morgan fingerprint density at radius 2 is 1.32 bits per heavy atom. The molecule has 0 unspecified atom stereocenters. The van der Waals surface area contributed by atoms with E-state index in [-0.39, 0.29) is 0 Å². The highest BCUT2D eigenvalue weighted by Gasteiger charge is 2.31. The summed E-state index contributed by atoms with van der Waals surface area (Å²) in [6, 6.07) is 7.67. The Bertz CT molecular complexity index is 720. The third-order valence-corrected chi connectivity index (χ3v) is 10.4. The van der Waals surface area contributed by atoms with Crippen LogP contribution >= 0.6 is 0 Å². The van der Waals surface area contributed by atoms with Gasteiger partial charge in [0.15, 0.2) is 0 Å². The Morgan fingerprint density at radius 3 is 1.94 bits per heavy atom. The first-order valence-corrected chi connectivity index (χ1v) is 15.4. The molecule has 4 rings (SSSR count). The van der Waals surface area contributed by atoms with Gasteiger partial charge < -0.3 is 0 Å². The summed E-state index contributed by atoms with van der Waals surface area (Å²) in [5.74, 6) is 5.70. The molecule has 0 amide bonds. The molecule has 0 heterocycles. The summed E-state index contributed by atoms with van der Waals surface area (Å²) >= 11 is 0. The number of aryl methyl sites for hydroxylation is 1. The summed E-state index contributed by atoms with van der Waals surface area (Å²) in [5.41, 5.74) is 4.92. The Hall–Kier alpha value is -1.04. The molecule has 3 aliphatic rings. The van der Waals surface area contributed by atoms with Crippen molar-refractivity contribution >= 4 is 0 Å². The van der Waals surface area contributed by atoms with Crippen molar-refractivity contribution in [2.45, 2.75) is 141 Å². The van der Waals surface area contributed by atoms with Crippen molar-refractivity contribution in [1.82, 2.24) is 0 Å². The lowest BCUT2D eigenvalue weighted by atomic mass is 9.67. The number of unbranched alkanes of at least 4 members (excludes halogenated alkanes) is 2. The molecule has 1 aromatic rings. The van der Waals surface area contributed by atoms with E-state index in [1.807, 2.05) is 0 Å². The number of rotatable bonds is 10. The Balaban J connectivity index is 1.22.